The predicted molar refractivity (Wildman–Crippen MR) is 103 cm³/mol. The second kappa shape index (κ2) is 9.07. The van der Waals surface area contributed by atoms with Gasteiger partial charge in [-0.2, -0.15) is 0 Å². The molecule has 0 fully saturated rings. The molecule has 2 aromatic rings. The molecule has 0 spiro atoms. The minimum Gasteiger partial charge on any atom is -0.497 e. The lowest BCUT2D eigenvalue weighted by Crippen LogP contribution is -2.33. The molecule has 1 aliphatic rings. The van der Waals surface area contributed by atoms with Crippen LogP contribution in [0.2, 0.25) is 0 Å². The molecule has 0 heterocycles. The van der Waals surface area contributed by atoms with E-state index in [1.807, 2.05) is 12.1 Å². The third-order valence-electron chi connectivity index (χ3n) is 4.60. The molecular weight excluding hydrogens is 344 g/mol. The van der Waals surface area contributed by atoms with Crippen LogP contribution in [0.5, 0.6) is 11.5 Å². The van der Waals surface area contributed by atoms with Gasteiger partial charge in [0.15, 0.2) is 6.61 Å². The van der Waals surface area contributed by atoms with E-state index in [2.05, 4.69) is 22.6 Å². The molecule has 1 aliphatic carbocycles. The van der Waals surface area contributed by atoms with Crippen molar-refractivity contribution < 1.29 is 19.1 Å². The first-order valence-corrected chi connectivity index (χ1v) is 8.96. The van der Waals surface area contributed by atoms with E-state index in [0.717, 1.165) is 19.3 Å². The van der Waals surface area contributed by atoms with Crippen LogP contribution in [0.1, 0.15) is 35.6 Å². The maximum atomic E-state index is 12.2. The number of nitrogens with one attached hydrogen (secondary N) is 1. The Hall–Kier alpha value is -3.02. The highest BCUT2D eigenvalue weighted by molar-refractivity contribution is 5.84. The molecule has 0 aromatic heterocycles. The minimum atomic E-state index is -0.188. The topological polar surface area (TPSA) is 69.1 Å². The van der Waals surface area contributed by atoms with Gasteiger partial charge in [-0.15, -0.1) is 0 Å². The van der Waals surface area contributed by atoms with Gasteiger partial charge in [0, 0.05) is 5.56 Å². The van der Waals surface area contributed by atoms with E-state index in [1.165, 1.54) is 17.3 Å². The standard InChI is InChI=1S/C21H24N2O4/c1-25-17-10-11-20(26-2)16(12-17)13-22-27-14-21(24)23-19-9-5-7-15-6-3-4-8-18(15)19/h3-4,6,8,10-13,19H,5,7,9,14H2,1-2H3,(H,23,24)/b22-13+. The number of nitrogens with zero attached hydrogens (tertiary/aromatic N) is 1. The zero-order chi connectivity index (χ0) is 19.1. The van der Waals surface area contributed by atoms with Gasteiger partial charge in [-0.1, -0.05) is 29.4 Å². The second-order valence-electron chi connectivity index (χ2n) is 6.33. The number of aryl methyl sites for hydroxylation is 1. The van der Waals surface area contributed by atoms with Gasteiger partial charge in [-0.25, -0.2) is 0 Å². The Morgan fingerprint density at radius 3 is 2.89 bits per heavy atom. The van der Waals surface area contributed by atoms with Gasteiger partial charge in [0.25, 0.3) is 5.91 Å². The lowest BCUT2D eigenvalue weighted by molar-refractivity contribution is -0.126. The first kappa shape index (κ1) is 18.8. The van der Waals surface area contributed by atoms with E-state index >= 15 is 0 Å². The van der Waals surface area contributed by atoms with Crippen LogP contribution in [0.3, 0.4) is 0 Å². The van der Waals surface area contributed by atoms with Gasteiger partial charge in [0.1, 0.15) is 11.5 Å². The van der Waals surface area contributed by atoms with E-state index in [9.17, 15) is 4.79 Å². The van der Waals surface area contributed by atoms with E-state index in [1.54, 1.807) is 32.4 Å². The molecule has 1 unspecified atom stereocenters. The molecule has 2 aromatic carbocycles. The summed E-state index contributed by atoms with van der Waals surface area (Å²) in [7, 11) is 3.17. The van der Waals surface area contributed by atoms with E-state index in [-0.39, 0.29) is 18.6 Å². The summed E-state index contributed by atoms with van der Waals surface area (Å²) in [6, 6.07) is 13.6. The van der Waals surface area contributed by atoms with Crippen LogP contribution >= 0.6 is 0 Å². The molecule has 0 aliphatic heterocycles. The highest BCUT2D eigenvalue weighted by Gasteiger charge is 2.21. The van der Waals surface area contributed by atoms with E-state index in [0.29, 0.717) is 17.1 Å². The number of carbonyl (C=O) groups excluding carboxylic acids is 1. The zero-order valence-electron chi connectivity index (χ0n) is 15.6. The molecule has 142 valence electrons. The normalized spacial score (nSPS) is 15.9. The molecule has 0 saturated carbocycles. The largest absolute Gasteiger partial charge is 0.497 e. The van der Waals surface area contributed by atoms with Crippen LogP contribution in [0.25, 0.3) is 0 Å². The van der Waals surface area contributed by atoms with E-state index in [4.69, 9.17) is 14.3 Å². The van der Waals surface area contributed by atoms with Gasteiger partial charge in [-0.3, -0.25) is 4.79 Å². The van der Waals surface area contributed by atoms with Gasteiger partial charge in [0.05, 0.1) is 26.5 Å². The van der Waals surface area contributed by atoms with Crippen molar-refractivity contribution in [3.05, 3.63) is 59.2 Å². The molecule has 6 heteroatoms. The minimum absolute atomic E-state index is 0.0357. The van der Waals surface area contributed by atoms with Crippen molar-refractivity contribution in [3.8, 4) is 11.5 Å². The second-order valence-corrected chi connectivity index (χ2v) is 6.33. The number of hydrogen-bond acceptors (Lipinski definition) is 5. The monoisotopic (exact) mass is 368 g/mol. The number of carbonyl (C=O) groups is 1. The SMILES string of the molecule is COc1ccc(OC)c(/C=N/OCC(=O)NC2CCCc3ccccc32)c1. The number of fused-ring (bicyclic) bond motifs is 1. The van der Waals surface area contributed by atoms with Gasteiger partial charge < -0.3 is 19.6 Å². The molecule has 0 bridgehead atoms. The highest BCUT2D eigenvalue weighted by atomic mass is 16.6. The first-order chi connectivity index (χ1) is 13.2. The smallest absolute Gasteiger partial charge is 0.261 e. The Morgan fingerprint density at radius 2 is 2.07 bits per heavy atom. The Bertz CT molecular complexity index is 820. The molecule has 1 N–H and O–H groups in total. The van der Waals surface area contributed by atoms with Crippen molar-refractivity contribution in [1.82, 2.24) is 5.32 Å². The molecule has 6 nitrogen and oxygen atoms in total. The Balaban J connectivity index is 1.54. The summed E-state index contributed by atoms with van der Waals surface area (Å²) in [6.45, 7) is -0.137. The summed E-state index contributed by atoms with van der Waals surface area (Å²) in [6.07, 6.45) is 4.57. The number of methoxy groups -OCH3 is 2. The van der Waals surface area contributed by atoms with Crippen LogP contribution in [-0.4, -0.2) is 32.9 Å². The fraction of sp³-hybridized carbons (Fsp3) is 0.333. The van der Waals surface area contributed by atoms with Crippen LogP contribution in [0, 0.1) is 0 Å². The average molecular weight is 368 g/mol. The molecule has 0 saturated heterocycles. The van der Waals surface area contributed by atoms with Crippen LogP contribution in [0.4, 0.5) is 0 Å². The Kier molecular flexibility index (Phi) is 6.30. The summed E-state index contributed by atoms with van der Waals surface area (Å²) < 4.78 is 10.5. The summed E-state index contributed by atoms with van der Waals surface area (Å²) >= 11 is 0. The number of oxime groups is 1. The number of hydrogen-bond donors (Lipinski definition) is 1. The number of benzene rings is 2. The maximum Gasteiger partial charge on any atom is 0.261 e. The first-order valence-electron chi connectivity index (χ1n) is 8.96. The lowest BCUT2D eigenvalue weighted by atomic mass is 9.88. The lowest BCUT2D eigenvalue weighted by Gasteiger charge is -2.26. The predicted octanol–water partition coefficient (Wildman–Crippen LogP) is 3.25. The average Bonchev–Trinajstić information content (AvgIpc) is 2.71. The van der Waals surface area contributed by atoms with Crippen molar-refractivity contribution in [2.75, 3.05) is 20.8 Å². The third-order valence-corrected chi connectivity index (χ3v) is 4.60. The quantitative estimate of drug-likeness (QED) is 0.602. The molecule has 1 amide bonds. The maximum absolute atomic E-state index is 12.2. The summed E-state index contributed by atoms with van der Waals surface area (Å²) in [5, 5.41) is 6.91. The van der Waals surface area contributed by atoms with E-state index < -0.39 is 0 Å². The number of rotatable bonds is 7. The Labute approximate surface area is 159 Å². The number of amides is 1. The third kappa shape index (κ3) is 4.78. The van der Waals surface area contributed by atoms with Crippen molar-refractivity contribution in [3.63, 3.8) is 0 Å². The van der Waals surface area contributed by atoms with Crippen molar-refractivity contribution in [2.45, 2.75) is 25.3 Å². The van der Waals surface area contributed by atoms with Crippen LogP contribution in [0.15, 0.2) is 47.6 Å². The van der Waals surface area contributed by atoms with Gasteiger partial charge >= 0.3 is 0 Å². The van der Waals surface area contributed by atoms with Crippen molar-refractivity contribution in [1.29, 1.82) is 0 Å². The van der Waals surface area contributed by atoms with Gasteiger partial charge in [-0.05, 0) is 48.6 Å². The van der Waals surface area contributed by atoms with Crippen molar-refractivity contribution in [2.24, 2.45) is 5.16 Å². The highest BCUT2D eigenvalue weighted by Crippen LogP contribution is 2.29. The number of ether oxygens (including phenoxy) is 2. The van der Waals surface area contributed by atoms with Crippen molar-refractivity contribution >= 4 is 12.1 Å². The summed E-state index contributed by atoms with van der Waals surface area (Å²) in [5.74, 6) is 1.14. The molecular formula is C21H24N2O4. The molecule has 3 rings (SSSR count). The molecule has 1 atom stereocenters. The summed E-state index contributed by atoms with van der Waals surface area (Å²) in [5.41, 5.74) is 3.21. The summed E-state index contributed by atoms with van der Waals surface area (Å²) in [4.78, 5) is 17.4. The fourth-order valence-electron chi connectivity index (χ4n) is 3.27. The molecule has 0 radical (unpaired) electrons. The Morgan fingerprint density at radius 1 is 1.22 bits per heavy atom. The van der Waals surface area contributed by atoms with Crippen LogP contribution in [-0.2, 0) is 16.1 Å². The molecule has 27 heavy (non-hydrogen) atoms. The van der Waals surface area contributed by atoms with Crippen LogP contribution < -0.4 is 14.8 Å². The zero-order valence-corrected chi connectivity index (χ0v) is 15.6. The fourth-order valence-corrected chi connectivity index (χ4v) is 3.27. The van der Waals surface area contributed by atoms with Gasteiger partial charge in [0.2, 0.25) is 0 Å².